The molecule has 0 saturated heterocycles. The minimum absolute atomic E-state index is 0.333. The Morgan fingerprint density at radius 1 is 1.35 bits per heavy atom. The van der Waals surface area contributed by atoms with Gasteiger partial charge in [0.15, 0.2) is 0 Å². The second-order valence-electron chi connectivity index (χ2n) is 3.27. The summed E-state index contributed by atoms with van der Waals surface area (Å²) < 4.78 is 13.4. The molecule has 2 N–H and O–H groups in total. The van der Waals surface area contributed by atoms with E-state index in [1.165, 1.54) is 18.3 Å². The Morgan fingerprint density at radius 3 is 2.82 bits per heavy atom. The fourth-order valence-electron chi connectivity index (χ4n) is 1.26. The van der Waals surface area contributed by atoms with E-state index in [-0.39, 0.29) is 5.82 Å². The third-order valence-electron chi connectivity index (χ3n) is 2.04. The number of rotatable bonds is 2. The van der Waals surface area contributed by atoms with Crippen molar-refractivity contribution >= 4 is 17.4 Å². The summed E-state index contributed by atoms with van der Waals surface area (Å²) in [6.45, 7) is 0. The number of nitriles is 1. The molecule has 1 heterocycles. The number of nitrogen functional groups attached to an aromatic ring is 1. The maximum atomic E-state index is 13.4. The van der Waals surface area contributed by atoms with Crippen molar-refractivity contribution < 1.29 is 4.39 Å². The van der Waals surface area contributed by atoms with Gasteiger partial charge in [0.2, 0.25) is 0 Å². The molecule has 1 aromatic heterocycles. The fraction of sp³-hybridized carbons (Fsp3) is 0. The zero-order valence-corrected chi connectivity index (χ0v) is 9.54. The maximum Gasteiger partial charge on any atom is 0.137 e. The van der Waals surface area contributed by atoms with Crippen LogP contribution >= 0.6 is 11.8 Å². The summed E-state index contributed by atoms with van der Waals surface area (Å²) in [7, 11) is 0. The van der Waals surface area contributed by atoms with Crippen molar-refractivity contribution in [2.75, 3.05) is 5.73 Å². The average molecular weight is 245 g/mol. The van der Waals surface area contributed by atoms with E-state index < -0.39 is 0 Å². The van der Waals surface area contributed by atoms with Crippen LogP contribution in [0.3, 0.4) is 0 Å². The Kier molecular flexibility index (Phi) is 3.26. The lowest BCUT2D eigenvalue weighted by Crippen LogP contribution is -1.92. The molecule has 1 aromatic carbocycles. The van der Waals surface area contributed by atoms with Crippen LogP contribution in [0.2, 0.25) is 0 Å². The highest BCUT2D eigenvalue weighted by atomic mass is 32.2. The minimum atomic E-state index is -0.333. The third-order valence-corrected chi connectivity index (χ3v) is 3.11. The molecule has 0 aliphatic carbocycles. The molecule has 0 unspecified atom stereocenters. The summed E-state index contributed by atoms with van der Waals surface area (Å²) in [5.41, 5.74) is 6.29. The van der Waals surface area contributed by atoms with E-state index in [4.69, 9.17) is 11.0 Å². The SMILES string of the molecule is N#Cc1cc(N)cnc1Sc1ccccc1F. The molecule has 0 amide bonds. The van der Waals surface area contributed by atoms with Crippen LogP contribution in [0.4, 0.5) is 10.1 Å². The number of benzene rings is 1. The van der Waals surface area contributed by atoms with Gasteiger partial charge in [0.1, 0.15) is 16.9 Å². The maximum absolute atomic E-state index is 13.4. The van der Waals surface area contributed by atoms with E-state index in [0.717, 1.165) is 11.8 Å². The van der Waals surface area contributed by atoms with Crippen molar-refractivity contribution in [1.29, 1.82) is 5.26 Å². The summed E-state index contributed by atoms with van der Waals surface area (Å²) in [5.74, 6) is -0.333. The summed E-state index contributed by atoms with van der Waals surface area (Å²) in [6, 6.07) is 9.86. The fourth-order valence-corrected chi connectivity index (χ4v) is 2.10. The van der Waals surface area contributed by atoms with Crippen molar-refractivity contribution in [2.24, 2.45) is 0 Å². The zero-order chi connectivity index (χ0) is 12.3. The van der Waals surface area contributed by atoms with Gasteiger partial charge < -0.3 is 5.73 Å². The van der Waals surface area contributed by atoms with E-state index in [1.54, 1.807) is 18.2 Å². The van der Waals surface area contributed by atoms with Crippen LogP contribution in [-0.4, -0.2) is 4.98 Å². The lowest BCUT2D eigenvalue weighted by molar-refractivity contribution is 0.602. The summed E-state index contributed by atoms with van der Waals surface area (Å²) >= 11 is 1.11. The molecule has 0 radical (unpaired) electrons. The van der Waals surface area contributed by atoms with Crippen LogP contribution < -0.4 is 5.73 Å². The first-order chi connectivity index (χ1) is 8.20. The van der Waals surface area contributed by atoms with Crippen molar-refractivity contribution in [3.63, 3.8) is 0 Å². The normalized spacial score (nSPS) is 9.88. The minimum Gasteiger partial charge on any atom is -0.397 e. The third kappa shape index (κ3) is 2.55. The number of anilines is 1. The van der Waals surface area contributed by atoms with E-state index in [0.29, 0.717) is 21.2 Å². The highest BCUT2D eigenvalue weighted by Gasteiger charge is 2.09. The molecule has 0 aliphatic heterocycles. The molecule has 2 aromatic rings. The molecule has 0 bridgehead atoms. The topological polar surface area (TPSA) is 62.7 Å². The summed E-state index contributed by atoms with van der Waals surface area (Å²) in [5, 5.41) is 9.39. The van der Waals surface area contributed by atoms with Gasteiger partial charge in [-0.25, -0.2) is 9.37 Å². The van der Waals surface area contributed by atoms with Gasteiger partial charge in [0.25, 0.3) is 0 Å². The smallest absolute Gasteiger partial charge is 0.137 e. The van der Waals surface area contributed by atoms with E-state index >= 15 is 0 Å². The molecule has 5 heteroatoms. The monoisotopic (exact) mass is 245 g/mol. The molecule has 0 fully saturated rings. The van der Waals surface area contributed by atoms with Crippen LogP contribution in [0.1, 0.15) is 5.56 Å². The molecule has 0 aliphatic rings. The first-order valence-electron chi connectivity index (χ1n) is 4.78. The van der Waals surface area contributed by atoms with E-state index in [2.05, 4.69) is 4.98 Å². The van der Waals surface area contributed by atoms with Gasteiger partial charge >= 0.3 is 0 Å². The molecule has 2 rings (SSSR count). The van der Waals surface area contributed by atoms with Crippen molar-refractivity contribution in [1.82, 2.24) is 4.98 Å². The highest BCUT2D eigenvalue weighted by Crippen LogP contribution is 2.30. The molecule has 17 heavy (non-hydrogen) atoms. The zero-order valence-electron chi connectivity index (χ0n) is 8.72. The molecule has 0 saturated carbocycles. The Balaban J connectivity index is 2.37. The molecule has 3 nitrogen and oxygen atoms in total. The van der Waals surface area contributed by atoms with Crippen LogP contribution in [-0.2, 0) is 0 Å². The van der Waals surface area contributed by atoms with Crippen LogP contribution in [0.15, 0.2) is 46.5 Å². The predicted octanol–water partition coefficient (Wildman–Crippen LogP) is 2.83. The van der Waals surface area contributed by atoms with E-state index in [1.807, 2.05) is 6.07 Å². The van der Waals surface area contributed by atoms with Gasteiger partial charge in [-0.1, -0.05) is 23.9 Å². The summed E-state index contributed by atoms with van der Waals surface area (Å²) in [4.78, 5) is 4.47. The standard InChI is InChI=1S/C12H8FN3S/c13-10-3-1-2-4-11(10)17-12-8(6-14)5-9(15)7-16-12/h1-5,7H,15H2. The van der Waals surface area contributed by atoms with Gasteiger partial charge in [-0.15, -0.1) is 0 Å². The van der Waals surface area contributed by atoms with Gasteiger partial charge in [-0.3, -0.25) is 0 Å². The number of pyridine rings is 1. The van der Waals surface area contributed by atoms with Gasteiger partial charge in [-0.2, -0.15) is 5.26 Å². The molecule has 0 atom stereocenters. The van der Waals surface area contributed by atoms with Crippen molar-refractivity contribution in [3.05, 3.63) is 47.9 Å². The van der Waals surface area contributed by atoms with Gasteiger partial charge in [-0.05, 0) is 18.2 Å². The number of halogens is 1. The first kappa shape index (κ1) is 11.4. The summed E-state index contributed by atoms with van der Waals surface area (Å²) in [6.07, 6.45) is 1.45. The van der Waals surface area contributed by atoms with E-state index in [9.17, 15) is 4.39 Å². The van der Waals surface area contributed by atoms with Crippen molar-refractivity contribution in [2.45, 2.75) is 9.92 Å². The second kappa shape index (κ2) is 4.85. The van der Waals surface area contributed by atoms with Crippen LogP contribution in [0, 0.1) is 17.1 Å². The Morgan fingerprint density at radius 2 is 2.12 bits per heavy atom. The number of nitrogens with zero attached hydrogens (tertiary/aromatic N) is 2. The number of hydrogen-bond acceptors (Lipinski definition) is 4. The second-order valence-corrected chi connectivity index (χ2v) is 4.30. The number of nitrogens with two attached hydrogens (primary N) is 1. The van der Waals surface area contributed by atoms with Crippen LogP contribution in [0.25, 0.3) is 0 Å². The lowest BCUT2D eigenvalue weighted by Gasteiger charge is -2.04. The molecule has 84 valence electrons. The molecule has 0 spiro atoms. The average Bonchev–Trinajstić information content (AvgIpc) is 2.34. The Labute approximate surface area is 102 Å². The Bertz CT molecular complexity index is 593. The van der Waals surface area contributed by atoms with Gasteiger partial charge in [0, 0.05) is 4.90 Å². The first-order valence-corrected chi connectivity index (χ1v) is 5.60. The highest BCUT2D eigenvalue weighted by molar-refractivity contribution is 7.99. The Hall–Kier alpha value is -2.06. The quantitative estimate of drug-likeness (QED) is 0.883. The van der Waals surface area contributed by atoms with Gasteiger partial charge in [0.05, 0.1) is 17.4 Å². The number of aromatic nitrogens is 1. The molecular weight excluding hydrogens is 237 g/mol. The molecular formula is C12H8FN3S. The van der Waals surface area contributed by atoms with Crippen molar-refractivity contribution in [3.8, 4) is 6.07 Å². The van der Waals surface area contributed by atoms with Crippen LogP contribution in [0.5, 0.6) is 0 Å². The number of hydrogen-bond donors (Lipinski definition) is 1. The lowest BCUT2D eigenvalue weighted by atomic mass is 10.3. The predicted molar refractivity (Wildman–Crippen MR) is 63.9 cm³/mol. The largest absolute Gasteiger partial charge is 0.397 e.